The van der Waals surface area contributed by atoms with Crippen molar-refractivity contribution in [2.45, 2.75) is 32.1 Å². The monoisotopic (exact) mass is 434 g/mol. The molecule has 0 atom stereocenters. The molecule has 1 aromatic heterocycles. The van der Waals surface area contributed by atoms with Crippen LogP contribution in [0.5, 0.6) is 5.75 Å². The number of likely N-dealkylation sites (tertiary alicyclic amines) is 1. The Kier molecular flexibility index (Phi) is 6.79. The van der Waals surface area contributed by atoms with Crippen LogP contribution in [-0.2, 0) is 11.2 Å². The van der Waals surface area contributed by atoms with Crippen LogP contribution in [0.2, 0.25) is 0 Å². The third kappa shape index (κ3) is 5.32. The summed E-state index contributed by atoms with van der Waals surface area (Å²) in [6.45, 7) is 1.59. The van der Waals surface area contributed by atoms with Gasteiger partial charge in [0.05, 0.1) is 7.11 Å². The molecular weight excluding hydrogens is 408 g/mol. The maximum absolute atomic E-state index is 12.5. The number of aromatic nitrogens is 2. The Balaban J connectivity index is 1.26. The average Bonchev–Trinajstić information content (AvgIpc) is 3.51. The van der Waals surface area contributed by atoms with E-state index in [-0.39, 0.29) is 11.8 Å². The first-order valence-corrected chi connectivity index (χ1v) is 10.8. The third-order valence-corrected chi connectivity index (χ3v) is 5.40. The second kappa shape index (κ2) is 10.1. The van der Waals surface area contributed by atoms with Gasteiger partial charge >= 0.3 is 0 Å². The minimum Gasteiger partial charge on any atom is -0.497 e. The minimum absolute atomic E-state index is 0.0163. The molecule has 32 heavy (non-hydrogen) atoms. The number of benzene rings is 2. The van der Waals surface area contributed by atoms with Gasteiger partial charge in [-0.05, 0) is 61.7 Å². The molecule has 0 radical (unpaired) electrons. The molecule has 4 rings (SSSR count). The first-order valence-electron chi connectivity index (χ1n) is 10.8. The number of hydrogen-bond acceptors (Lipinski definition) is 6. The molecule has 3 aromatic rings. The van der Waals surface area contributed by atoms with Crippen molar-refractivity contribution in [1.29, 1.82) is 0 Å². The first-order chi connectivity index (χ1) is 15.6. The molecule has 1 saturated heterocycles. The van der Waals surface area contributed by atoms with Crippen LogP contribution in [0, 0.1) is 0 Å². The van der Waals surface area contributed by atoms with Gasteiger partial charge < -0.3 is 19.5 Å². The van der Waals surface area contributed by atoms with Crippen LogP contribution in [0.3, 0.4) is 0 Å². The Bertz CT molecular complexity index is 1070. The molecule has 0 unspecified atom stereocenters. The fourth-order valence-electron chi connectivity index (χ4n) is 3.67. The van der Waals surface area contributed by atoms with Crippen LogP contribution in [0.4, 0.5) is 5.69 Å². The fourth-order valence-corrected chi connectivity index (χ4v) is 3.67. The second-order valence-electron chi connectivity index (χ2n) is 7.72. The van der Waals surface area contributed by atoms with Crippen molar-refractivity contribution >= 4 is 17.5 Å². The zero-order valence-electron chi connectivity index (χ0n) is 18.0. The van der Waals surface area contributed by atoms with Crippen molar-refractivity contribution in [3.8, 4) is 17.1 Å². The summed E-state index contributed by atoms with van der Waals surface area (Å²) in [5.74, 6) is 1.65. The molecule has 0 spiro atoms. The Labute approximate surface area is 186 Å². The molecule has 0 saturated carbocycles. The number of amides is 2. The molecule has 1 N–H and O–H groups in total. The zero-order chi connectivity index (χ0) is 22.3. The van der Waals surface area contributed by atoms with E-state index >= 15 is 0 Å². The lowest BCUT2D eigenvalue weighted by molar-refractivity contribution is -0.116. The zero-order valence-corrected chi connectivity index (χ0v) is 18.0. The van der Waals surface area contributed by atoms with E-state index in [0.717, 1.165) is 37.2 Å². The van der Waals surface area contributed by atoms with Crippen molar-refractivity contribution in [3.05, 3.63) is 60.0 Å². The highest BCUT2D eigenvalue weighted by Crippen LogP contribution is 2.20. The summed E-state index contributed by atoms with van der Waals surface area (Å²) in [7, 11) is 1.61. The Morgan fingerprint density at radius 2 is 1.91 bits per heavy atom. The molecule has 166 valence electrons. The van der Waals surface area contributed by atoms with E-state index < -0.39 is 0 Å². The van der Waals surface area contributed by atoms with Gasteiger partial charge in [0.1, 0.15) is 5.75 Å². The smallest absolute Gasteiger partial charge is 0.253 e. The lowest BCUT2D eigenvalue weighted by Gasteiger charge is -2.15. The molecule has 2 aromatic carbocycles. The summed E-state index contributed by atoms with van der Waals surface area (Å²) >= 11 is 0. The highest BCUT2D eigenvalue weighted by molar-refractivity contribution is 5.97. The molecule has 1 fully saturated rings. The third-order valence-electron chi connectivity index (χ3n) is 5.40. The fraction of sp³-hybridized carbons (Fsp3) is 0.333. The maximum atomic E-state index is 12.5. The van der Waals surface area contributed by atoms with E-state index in [1.54, 1.807) is 31.4 Å². The predicted octanol–water partition coefficient (Wildman–Crippen LogP) is 3.94. The topological polar surface area (TPSA) is 97.6 Å². The Morgan fingerprint density at radius 3 is 2.66 bits per heavy atom. The molecular formula is C24H26N4O4. The van der Waals surface area contributed by atoms with Gasteiger partial charge in [-0.2, -0.15) is 4.98 Å². The Morgan fingerprint density at radius 1 is 1.12 bits per heavy atom. The highest BCUT2D eigenvalue weighted by Gasteiger charge is 2.19. The maximum Gasteiger partial charge on any atom is 0.253 e. The lowest BCUT2D eigenvalue weighted by Crippen LogP contribution is -2.27. The number of methoxy groups -OCH3 is 1. The van der Waals surface area contributed by atoms with Gasteiger partial charge in [0.15, 0.2) is 0 Å². The van der Waals surface area contributed by atoms with Gasteiger partial charge in [-0.3, -0.25) is 9.59 Å². The van der Waals surface area contributed by atoms with E-state index in [0.29, 0.717) is 42.2 Å². The number of carbonyl (C=O) groups excluding carboxylic acids is 2. The van der Waals surface area contributed by atoms with Crippen LogP contribution in [0.1, 0.15) is 41.9 Å². The van der Waals surface area contributed by atoms with Crippen molar-refractivity contribution < 1.29 is 18.8 Å². The highest BCUT2D eigenvalue weighted by atomic mass is 16.5. The van der Waals surface area contributed by atoms with E-state index in [2.05, 4.69) is 15.5 Å². The van der Waals surface area contributed by atoms with Crippen molar-refractivity contribution in [2.24, 2.45) is 0 Å². The van der Waals surface area contributed by atoms with Gasteiger partial charge in [0.2, 0.25) is 17.6 Å². The summed E-state index contributed by atoms with van der Waals surface area (Å²) in [5.41, 5.74) is 2.06. The molecule has 1 aliphatic rings. The van der Waals surface area contributed by atoms with Crippen LogP contribution in [-0.4, -0.2) is 47.1 Å². The van der Waals surface area contributed by atoms with E-state index in [1.165, 1.54) is 0 Å². The van der Waals surface area contributed by atoms with Crippen LogP contribution in [0.25, 0.3) is 11.4 Å². The average molecular weight is 434 g/mol. The summed E-state index contributed by atoms with van der Waals surface area (Å²) in [6, 6.07) is 14.5. The Hall–Kier alpha value is -3.68. The molecule has 0 aliphatic carbocycles. The summed E-state index contributed by atoms with van der Waals surface area (Å²) in [6.07, 6.45) is 3.48. The summed E-state index contributed by atoms with van der Waals surface area (Å²) in [5, 5.41) is 6.87. The summed E-state index contributed by atoms with van der Waals surface area (Å²) in [4.78, 5) is 31.1. The van der Waals surface area contributed by atoms with Crippen molar-refractivity contribution in [2.75, 3.05) is 25.5 Å². The molecule has 1 aliphatic heterocycles. The molecule has 8 heteroatoms. The van der Waals surface area contributed by atoms with Gasteiger partial charge in [-0.1, -0.05) is 11.2 Å². The van der Waals surface area contributed by atoms with Crippen molar-refractivity contribution in [1.82, 2.24) is 15.0 Å². The SMILES string of the molecule is COc1ccc(-c2noc(CCCC(=O)Nc3cccc(C(=O)N4CCCC4)c3)n2)cc1. The summed E-state index contributed by atoms with van der Waals surface area (Å²) < 4.78 is 10.4. The quantitative estimate of drug-likeness (QED) is 0.577. The van der Waals surface area contributed by atoms with Crippen LogP contribution >= 0.6 is 0 Å². The van der Waals surface area contributed by atoms with E-state index in [4.69, 9.17) is 9.26 Å². The van der Waals surface area contributed by atoms with Gasteiger partial charge in [0, 0.05) is 42.7 Å². The minimum atomic E-state index is -0.120. The number of carbonyl (C=O) groups is 2. The van der Waals surface area contributed by atoms with Gasteiger partial charge in [0.25, 0.3) is 5.91 Å². The second-order valence-corrected chi connectivity index (χ2v) is 7.72. The van der Waals surface area contributed by atoms with E-state index in [9.17, 15) is 9.59 Å². The molecule has 2 amide bonds. The number of nitrogens with one attached hydrogen (secondary N) is 1. The molecule has 2 heterocycles. The number of ether oxygens (including phenoxy) is 1. The number of rotatable bonds is 8. The molecule has 0 bridgehead atoms. The standard InChI is InChI=1S/C24H26N4O4/c1-31-20-12-10-17(11-13-20)23-26-22(32-27-23)9-5-8-21(29)25-19-7-4-6-18(16-19)24(30)28-14-2-3-15-28/h4,6-7,10-13,16H,2-3,5,8-9,14-15H2,1H3,(H,25,29). The number of aryl methyl sites for hydroxylation is 1. The number of nitrogens with zero attached hydrogens (tertiary/aromatic N) is 3. The van der Waals surface area contributed by atoms with E-state index in [1.807, 2.05) is 29.2 Å². The lowest BCUT2D eigenvalue weighted by atomic mass is 10.1. The normalized spacial score (nSPS) is 13.2. The van der Waals surface area contributed by atoms with Crippen LogP contribution in [0.15, 0.2) is 53.1 Å². The molecule has 8 nitrogen and oxygen atoms in total. The first kappa shape index (κ1) is 21.5. The van der Waals surface area contributed by atoms with Gasteiger partial charge in [-0.25, -0.2) is 0 Å². The number of hydrogen-bond donors (Lipinski definition) is 1. The predicted molar refractivity (Wildman–Crippen MR) is 119 cm³/mol. The van der Waals surface area contributed by atoms with Crippen molar-refractivity contribution in [3.63, 3.8) is 0 Å². The van der Waals surface area contributed by atoms with Gasteiger partial charge in [-0.15, -0.1) is 0 Å². The largest absolute Gasteiger partial charge is 0.497 e. The number of anilines is 1. The van der Waals surface area contributed by atoms with Crippen LogP contribution < -0.4 is 10.1 Å².